The molecule has 5 nitrogen and oxygen atoms in total. The summed E-state index contributed by atoms with van der Waals surface area (Å²) < 4.78 is 26.6. The van der Waals surface area contributed by atoms with Crippen LogP contribution in [0.2, 0.25) is 0 Å². The molecule has 2 aliphatic rings. The van der Waals surface area contributed by atoms with Crippen LogP contribution in [-0.4, -0.2) is 47.8 Å². The molecule has 2 amide bonds. The van der Waals surface area contributed by atoms with Crippen LogP contribution in [0.4, 0.5) is 14.5 Å². The molecule has 0 aliphatic carbocycles. The van der Waals surface area contributed by atoms with Gasteiger partial charge in [-0.05, 0) is 41.8 Å². The van der Waals surface area contributed by atoms with Crippen molar-refractivity contribution in [1.82, 2.24) is 9.80 Å². The summed E-state index contributed by atoms with van der Waals surface area (Å²) in [6, 6.07) is 10.6. The lowest BCUT2D eigenvalue weighted by atomic mass is 9.89. The summed E-state index contributed by atoms with van der Waals surface area (Å²) in [6.45, 7) is 3.44. The van der Waals surface area contributed by atoms with E-state index in [9.17, 15) is 18.4 Å². The number of nitrogens with one attached hydrogen (secondary N) is 1. The molecule has 2 heterocycles. The standard InChI is InChI=1S/C22H23F2N3O2/c23-16-4-2-15(3-5-16)14-26-8-1-9-27(11-10-26)22(29)19-13-21(28)25-20-12-17(24)6-7-18(19)20/h2-7,12,19H,1,8-11,13-14H2,(H,25,28)/t19-/m0/s1. The third kappa shape index (κ3) is 4.45. The predicted molar refractivity (Wildman–Crippen MR) is 105 cm³/mol. The normalized spacial score (nSPS) is 20.0. The molecule has 0 spiro atoms. The molecule has 1 fully saturated rings. The number of rotatable bonds is 3. The first kappa shape index (κ1) is 19.5. The molecule has 1 saturated heterocycles. The van der Waals surface area contributed by atoms with Gasteiger partial charge in [0.15, 0.2) is 0 Å². The minimum Gasteiger partial charge on any atom is -0.341 e. The smallest absolute Gasteiger partial charge is 0.230 e. The van der Waals surface area contributed by atoms with Crippen molar-refractivity contribution in [3.63, 3.8) is 0 Å². The van der Waals surface area contributed by atoms with E-state index in [2.05, 4.69) is 10.2 Å². The Morgan fingerprint density at radius 3 is 2.55 bits per heavy atom. The second-order valence-electron chi connectivity index (χ2n) is 7.62. The van der Waals surface area contributed by atoms with Crippen LogP contribution in [0.5, 0.6) is 0 Å². The first-order chi connectivity index (χ1) is 14.0. The molecule has 1 atom stereocenters. The minimum absolute atomic E-state index is 0.0766. The Bertz CT molecular complexity index is 917. The van der Waals surface area contributed by atoms with Crippen LogP contribution in [0.15, 0.2) is 42.5 Å². The summed E-state index contributed by atoms with van der Waals surface area (Å²) in [6.07, 6.45) is 0.898. The largest absolute Gasteiger partial charge is 0.341 e. The molecule has 0 aromatic heterocycles. The average molecular weight is 399 g/mol. The van der Waals surface area contributed by atoms with E-state index in [0.717, 1.165) is 18.5 Å². The second-order valence-corrected chi connectivity index (χ2v) is 7.62. The zero-order chi connectivity index (χ0) is 20.4. The molecule has 2 aromatic carbocycles. The van der Waals surface area contributed by atoms with Crippen molar-refractivity contribution in [2.75, 3.05) is 31.5 Å². The Kier molecular flexibility index (Phi) is 5.58. The van der Waals surface area contributed by atoms with Crippen molar-refractivity contribution < 1.29 is 18.4 Å². The van der Waals surface area contributed by atoms with E-state index in [-0.39, 0.29) is 24.1 Å². The Balaban J connectivity index is 1.43. The van der Waals surface area contributed by atoms with E-state index in [1.165, 1.54) is 24.3 Å². The lowest BCUT2D eigenvalue weighted by Crippen LogP contribution is -2.40. The highest BCUT2D eigenvalue weighted by Gasteiger charge is 2.34. The van der Waals surface area contributed by atoms with Crippen LogP contribution in [0.25, 0.3) is 0 Å². The van der Waals surface area contributed by atoms with E-state index in [0.29, 0.717) is 37.4 Å². The number of carbonyl (C=O) groups is 2. The molecular weight excluding hydrogens is 376 g/mol. The third-order valence-electron chi connectivity index (χ3n) is 5.57. The molecular formula is C22H23F2N3O2. The Morgan fingerprint density at radius 2 is 1.76 bits per heavy atom. The Morgan fingerprint density at radius 1 is 1.00 bits per heavy atom. The fraction of sp³-hybridized carbons (Fsp3) is 0.364. The van der Waals surface area contributed by atoms with Crippen LogP contribution < -0.4 is 5.32 Å². The van der Waals surface area contributed by atoms with Crippen molar-refractivity contribution >= 4 is 17.5 Å². The maximum absolute atomic E-state index is 13.5. The van der Waals surface area contributed by atoms with E-state index < -0.39 is 11.7 Å². The highest BCUT2D eigenvalue weighted by Crippen LogP contribution is 2.34. The molecule has 0 saturated carbocycles. The van der Waals surface area contributed by atoms with Gasteiger partial charge in [-0.1, -0.05) is 18.2 Å². The van der Waals surface area contributed by atoms with Gasteiger partial charge in [0.05, 0.1) is 5.92 Å². The highest BCUT2D eigenvalue weighted by molar-refractivity contribution is 6.01. The lowest BCUT2D eigenvalue weighted by molar-refractivity contribution is -0.134. The molecule has 7 heteroatoms. The topological polar surface area (TPSA) is 52.7 Å². The van der Waals surface area contributed by atoms with Crippen molar-refractivity contribution in [1.29, 1.82) is 0 Å². The fourth-order valence-corrected chi connectivity index (χ4v) is 4.08. The van der Waals surface area contributed by atoms with Crippen molar-refractivity contribution in [3.05, 3.63) is 65.2 Å². The monoisotopic (exact) mass is 399 g/mol. The highest BCUT2D eigenvalue weighted by atomic mass is 19.1. The summed E-state index contributed by atoms with van der Waals surface area (Å²) in [7, 11) is 0. The summed E-state index contributed by atoms with van der Waals surface area (Å²) in [5.74, 6) is -1.63. The summed E-state index contributed by atoms with van der Waals surface area (Å²) in [5, 5.41) is 2.65. The summed E-state index contributed by atoms with van der Waals surface area (Å²) in [4.78, 5) is 29.3. The number of fused-ring (bicyclic) bond motifs is 1. The fourth-order valence-electron chi connectivity index (χ4n) is 4.08. The lowest BCUT2D eigenvalue weighted by Gasteiger charge is -2.30. The third-order valence-corrected chi connectivity index (χ3v) is 5.57. The van der Waals surface area contributed by atoms with Crippen LogP contribution in [0, 0.1) is 11.6 Å². The average Bonchev–Trinajstić information content (AvgIpc) is 2.94. The summed E-state index contributed by atoms with van der Waals surface area (Å²) >= 11 is 0. The molecule has 4 rings (SSSR count). The molecule has 2 aliphatic heterocycles. The van der Waals surface area contributed by atoms with E-state index >= 15 is 0 Å². The first-order valence-electron chi connectivity index (χ1n) is 9.84. The minimum atomic E-state index is -0.581. The van der Waals surface area contributed by atoms with Gasteiger partial charge >= 0.3 is 0 Å². The summed E-state index contributed by atoms with van der Waals surface area (Å²) in [5.41, 5.74) is 2.09. The molecule has 0 radical (unpaired) electrons. The van der Waals surface area contributed by atoms with Crippen LogP contribution in [0.1, 0.15) is 29.9 Å². The van der Waals surface area contributed by atoms with Gasteiger partial charge in [-0.2, -0.15) is 0 Å². The quantitative estimate of drug-likeness (QED) is 0.863. The van der Waals surface area contributed by atoms with Gasteiger partial charge in [0.25, 0.3) is 0 Å². The van der Waals surface area contributed by atoms with Gasteiger partial charge in [-0.15, -0.1) is 0 Å². The van der Waals surface area contributed by atoms with Gasteiger partial charge in [0.2, 0.25) is 11.8 Å². The SMILES string of the molecule is O=C1C[C@H](C(=O)N2CCCN(Cc3ccc(F)cc3)CC2)c2ccc(F)cc2N1. The van der Waals surface area contributed by atoms with Gasteiger partial charge in [0, 0.05) is 44.8 Å². The second kappa shape index (κ2) is 8.29. The first-order valence-corrected chi connectivity index (χ1v) is 9.84. The number of amides is 2. The van der Waals surface area contributed by atoms with Crippen molar-refractivity contribution in [3.8, 4) is 0 Å². The van der Waals surface area contributed by atoms with Crippen LogP contribution in [-0.2, 0) is 16.1 Å². The Hall–Kier alpha value is -2.80. The Labute approximate surface area is 168 Å². The van der Waals surface area contributed by atoms with Gasteiger partial charge in [-0.25, -0.2) is 8.78 Å². The number of halogens is 2. The number of benzene rings is 2. The zero-order valence-electron chi connectivity index (χ0n) is 16.0. The van der Waals surface area contributed by atoms with Crippen molar-refractivity contribution in [2.45, 2.75) is 25.3 Å². The van der Waals surface area contributed by atoms with Crippen molar-refractivity contribution in [2.24, 2.45) is 0 Å². The molecule has 29 heavy (non-hydrogen) atoms. The number of anilines is 1. The van der Waals surface area contributed by atoms with Crippen LogP contribution >= 0.6 is 0 Å². The van der Waals surface area contributed by atoms with Gasteiger partial charge < -0.3 is 10.2 Å². The van der Waals surface area contributed by atoms with Crippen LogP contribution in [0.3, 0.4) is 0 Å². The molecule has 0 unspecified atom stereocenters. The maximum Gasteiger partial charge on any atom is 0.230 e. The van der Waals surface area contributed by atoms with Gasteiger partial charge in [0.1, 0.15) is 11.6 Å². The van der Waals surface area contributed by atoms with E-state index in [4.69, 9.17) is 0 Å². The van der Waals surface area contributed by atoms with Gasteiger partial charge in [-0.3, -0.25) is 14.5 Å². The van der Waals surface area contributed by atoms with E-state index in [1.54, 1.807) is 23.1 Å². The number of hydrogen-bond donors (Lipinski definition) is 1. The molecule has 0 bridgehead atoms. The number of hydrogen-bond acceptors (Lipinski definition) is 3. The molecule has 152 valence electrons. The predicted octanol–water partition coefficient (Wildman–Crippen LogP) is 3.13. The zero-order valence-corrected chi connectivity index (χ0v) is 16.0. The number of nitrogens with zero attached hydrogens (tertiary/aromatic N) is 2. The van der Waals surface area contributed by atoms with E-state index in [1.807, 2.05) is 0 Å². The number of carbonyl (C=O) groups excluding carboxylic acids is 2. The maximum atomic E-state index is 13.5. The molecule has 2 aromatic rings. The molecule has 1 N–H and O–H groups in total.